The maximum Gasteiger partial charge on any atom is 0.135 e. The maximum absolute atomic E-state index is 6.00. The summed E-state index contributed by atoms with van der Waals surface area (Å²) in [5.41, 5.74) is 4.39. The summed E-state index contributed by atoms with van der Waals surface area (Å²) in [6.45, 7) is 0. The maximum atomic E-state index is 6.00. The Labute approximate surface area is 141 Å². The molecule has 0 aliphatic rings. The third kappa shape index (κ3) is 2.12. The minimum Gasteiger partial charge on any atom is -0.456 e. The molecule has 5 aromatic rings. The lowest BCUT2D eigenvalue weighted by Gasteiger charge is -1.99. The highest BCUT2D eigenvalue weighted by Crippen LogP contribution is 2.36. The molecule has 0 radical (unpaired) electrons. The summed E-state index contributed by atoms with van der Waals surface area (Å²) < 4.78 is 6.00. The predicted molar refractivity (Wildman–Crippen MR) is 100 cm³/mol. The van der Waals surface area contributed by atoms with Crippen LogP contribution in [0, 0.1) is 0 Å². The molecule has 5 rings (SSSR count). The van der Waals surface area contributed by atoms with Gasteiger partial charge in [0, 0.05) is 20.5 Å². The van der Waals surface area contributed by atoms with Crippen molar-refractivity contribution in [2.75, 3.05) is 0 Å². The number of fused-ring (bicyclic) bond motifs is 3. The molecule has 0 N–H and O–H groups in total. The summed E-state index contributed by atoms with van der Waals surface area (Å²) in [6, 6.07) is 21.4. The molecule has 2 aromatic carbocycles. The molecular formula is C20H12OS2. The van der Waals surface area contributed by atoms with Crippen molar-refractivity contribution in [3.8, 4) is 20.9 Å². The molecule has 0 saturated heterocycles. The van der Waals surface area contributed by atoms with Gasteiger partial charge >= 0.3 is 0 Å². The third-order valence-corrected chi connectivity index (χ3v) is 5.92. The van der Waals surface area contributed by atoms with E-state index < -0.39 is 0 Å². The van der Waals surface area contributed by atoms with E-state index in [1.165, 1.54) is 31.7 Å². The van der Waals surface area contributed by atoms with Crippen LogP contribution in [0.15, 0.2) is 75.8 Å². The van der Waals surface area contributed by atoms with Crippen molar-refractivity contribution in [3.63, 3.8) is 0 Å². The first-order valence-electron chi connectivity index (χ1n) is 7.42. The number of hydrogen-bond acceptors (Lipinski definition) is 3. The summed E-state index contributed by atoms with van der Waals surface area (Å²) in [5, 5.41) is 6.60. The van der Waals surface area contributed by atoms with E-state index in [1.807, 2.05) is 0 Å². The van der Waals surface area contributed by atoms with Gasteiger partial charge in [-0.05, 0) is 70.4 Å². The van der Waals surface area contributed by atoms with Crippen LogP contribution in [0.4, 0.5) is 0 Å². The van der Waals surface area contributed by atoms with Crippen LogP contribution in [-0.4, -0.2) is 0 Å². The van der Waals surface area contributed by atoms with Crippen molar-refractivity contribution < 1.29 is 4.42 Å². The Kier molecular flexibility index (Phi) is 2.90. The van der Waals surface area contributed by atoms with Crippen LogP contribution in [0.25, 0.3) is 42.8 Å². The first kappa shape index (κ1) is 13.1. The van der Waals surface area contributed by atoms with Gasteiger partial charge in [-0.3, -0.25) is 0 Å². The number of thiophene rings is 2. The Bertz CT molecular complexity index is 1010. The second-order valence-electron chi connectivity index (χ2n) is 5.48. The highest BCUT2D eigenvalue weighted by Gasteiger charge is 2.10. The van der Waals surface area contributed by atoms with Gasteiger partial charge in [-0.15, -0.1) is 22.7 Å². The highest BCUT2D eigenvalue weighted by atomic mass is 32.1. The van der Waals surface area contributed by atoms with Crippen LogP contribution in [0.1, 0.15) is 0 Å². The van der Waals surface area contributed by atoms with Gasteiger partial charge in [-0.25, -0.2) is 0 Å². The Morgan fingerprint density at radius 1 is 0.609 bits per heavy atom. The fraction of sp³-hybridized carbons (Fsp3) is 0. The molecule has 0 spiro atoms. The minimum absolute atomic E-state index is 0.948. The van der Waals surface area contributed by atoms with Crippen molar-refractivity contribution in [2.24, 2.45) is 0 Å². The lowest BCUT2D eigenvalue weighted by Crippen LogP contribution is -1.74. The fourth-order valence-corrected chi connectivity index (χ4v) is 4.42. The molecule has 0 unspecified atom stereocenters. The van der Waals surface area contributed by atoms with Crippen LogP contribution in [0.2, 0.25) is 0 Å². The normalized spacial score (nSPS) is 11.5. The zero-order chi connectivity index (χ0) is 15.2. The van der Waals surface area contributed by atoms with Gasteiger partial charge in [0.2, 0.25) is 0 Å². The third-order valence-electron chi connectivity index (χ3n) is 4.08. The molecule has 0 fully saturated rings. The van der Waals surface area contributed by atoms with Gasteiger partial charge in [0.25, 0.3) is 0 Å². The van der Waals surface area contributed by atoms with Crippen molar-refractivity contribution in [1.82, 2.24) is 0 Å². The van der Waals surface area contributed by atoms with Crippen molar-refractivity contribution in [3.05, 3.63) is 71.4 Å². The van der Waals surface area contributed by atoms with E-state index in [-0.39, 0.29) is 0 Å². The molecule has 1 nitrogen and oxygen atoms in total. The standard InChI is InChI=1S/C20H12OS2/c1-3-19(22-9-1)13-5-7-17-15(11-13)16-12-14(6-8-18(16)21-17)20-4-2-10-23-20/h1-12H. The van der Waals surface area contributed by atoms with Gasteiger partial charge in [0.15, 0.2) is 0 Å². The Hall–Kier alpha value is -2.36. The van der Waals surface area contributed by atoms with Crippen molar-refractivity contribution in [1.29, 1.82) is 0 Å². The predicted octanol–water partition coefficient (Wildman–Crippen LogP) is 7.04. The van der Waals surface area contributed by atoms with E-state index >= 15 is 0 Å². The van der Waals surface area contributed by atoms with Crippen molar-refractivity contribution >= 4 is 44.6 Å². The Morgan fingerprint density at radius 3 is 1.57 bits per heavy atom. The zero-order valence-corrected chi connectivity index (χ0v) is 13.8. The average molecular weight is 332 g/mol. The number of benzene rings is 2. The van der Waals surface area contributed by atoms with E-state index in [9.17, 15) is 0 Å². The SMILES string of the molecule is c1csc(-c2ccc3oc4ccc(-c5cccs5)cc4c3c2)c1. The fourth-order valence-electron chi connectivity index (χ4n) is 2.97. The van der Waals surface area contributed by atoms with E-state index in [0.29, 0.717) is 0 Å². The summed E-state index contributed by atoms with van der Waals surface area (Å²) >= 11 is 3.53. The van der Waals surface area contributed by atoms with E-state index in [4.69, 9.17) is 4.42 Å². The lowest BCUT2D eigenvalue weighted by atomic mass is 10.1. The highest BCUT2D eigenvalue weighted by molar-refractivity contribution is 7.13. The first-order valence-corrected chi connectivity index (χ1v) is 9.18. The molecule has 0 amide bonds. The van der Waals surface area contributed by atoms with Crippen molar-refractivity contribution in [2.45, 2.75) is 0 Å². The Morgan fingerprint density at radius 2 is 1.13 bits per heavy atom. The van der Waals surface area contributed by atoms with Gasteiger partial charge in [-0.2, -0.15) is 0 Å². The van der Waals surface area contributed by atoms with Crippen LogP contribution >= 0.6 is 22.7 Å². The van der Waals surface area contributed by atoms with E-state index in [2.05, 4.69) is 71.4 Å². The summed E-state index contributed by atoms with van der Waals surface area (Å²) in [4.78, 5) is 2.58. The number of rotatable bonds is 2. The molecular weight excluding hydrogens is 320 g/mol. The second kappa shape index (κ2) is 5.08. The number of furan rings is 1. The molecule has 3 aromatic heterocycles. The molecule has 3 heterocycles. The lowest BCUT2D eigenvalue weighted by molar-refractivity contribution is 0.669. The summed E-state index contributed by atoms with van der Waals surface area (Å²) in [5.74, 6) is 0. The smallest absolute Gasteiger partial charge is 0.135 e. The molecule has 0 aliphatic heterocycles. The molecule has 0 atom stereocenters. The average Bonchev–Trinajstić information content (AvgIpc) is 3.33. The topological polar surface area (TPSA) is 13.1 Å². The van der Waals surface area contributed by atoms with E-state index in [0.717, 1.165) is 11.2 Å². The zero-order valence-electron chi connectivity index (χ0n) is 12.2. The van der Waals surface area contributed by atoms with Gasteiger partial charge in [-0.1, -0.05) is 12.1 Å². The molecule has 110 valence electrons. The van der Waals surface area contributed by atoms with Crippen LogP contribution in [-0.2, 0) is 0 Å². The molecule has 0 saturated carbocycles. The molecule has 0 aliphatic carbocycles. The minimum atomic E-state index is 0.948. The largest absolute Gasteiger partial charge is 0.456 e. The second-order valence-corrected chi connectivity index (χ2v) is 7.37. The Balaban J connectivity index is 1.77. The van der Waals surface area contributed by atoms with E-state index in [1.54, 1.807) is 22.7 Å². The monoisotopic (exact) mass is 332 g/mol. The van der Waals surface area contributed by atoms with Gasteiger partial charge in [0.1, 0.15) is 11.2 Å². The van der Waals surface area contributed by atoms with Gasteiger partial charge in [0.05, 0.1) is 0 Å². The van der Waals surface area contributed by atoms with Crippen LogP contribution in [0.5, 0.6) is 0 Å². The quantitative estimate of drug-likeness (QED) is 0.338. The van der Waals surface area contributed by atoms with Gasteiger partial charge < -0.3 is 4.42 Å². The molecule has 23 heavy (non-hydrogen) atoms. The molecule has 3 heteroatoms. The first-order chi connectivity index (χ1) is 11.4. The van der Waals surface area contributed by atoms with Crippen LogP contribution < -0.4 is 0 Å². The summed E-state index contributed by atoms with van der Waals surface area (Å²) in [7, 11) is 0. The number of hydrogen-bond donors (Lipinski definition) is 0. The molecule has 0 bridgehead atoms. The van der Waals surface area contributed by atoms with Crippen LogP contribution in [0.3, 0.4) is 0 Å². The summed E-state index contributed by atoms with van der Waals surface area (Å²) in [6.07, 6.45) is 0.